The van der Waals surface area contributed by atoms with Gasteiger partial charge in [-0.1, -0.05) is 37.6 Å². The third-order valence-electron chi connectivity index (χ3n) is 2.36. The molecule has 1 aromatic carbocycles. The number of aromatic nitrogens is 1. The maximum Gasteiger partial charge on any atom is 0.213 e. The molecule has 0 unspecified atom stereocenters. The zero-order valence-corrected chi connectivity index (χ0v) is 10.7. The number of rotatable bonds is 1. The van der Waals surface area contributed by atoms with Gasteiger partial charge in [-0.15, -0.1) is 0 Å². The van der Waals surface area contributed by atoms with Crippen molar-refractivity contribution < 1.29 is 4.74 Å². The Morgan fingerprint density at radius 1 is 1.06 bits per heavy atom. The molecule has 0 radical (unpaired) electrons. The molecule has 16 heavy (non-hydrogen) atoms. The van der Waals surface area contributed by atoms with Gasteiger partial charge in [0.25, 0.3) is 0 Å². The quantitative estimate of drug-likeness (QED) is 0.723. The van der Waals surface area contributed by atoms with Crippen molar-refractivity contribution in [2.45, 2.75) is 27.7 Å². The molecular weight excluding hydrogens is 198 g/mol. The van der Waals surface area contributed by atoms with Crippen LogP contribution in [-0.4, -0.2) is 12.1 Å². The summed E-state index contributed by atoms with van der Waals surface area (Å²) in [6.45, 7) is 8.09. The van der Waals surface area contributed by atoms with Gasteiger partial charge >= 0.3 is 0 Å². The van der Waals surface area contributed by atoms with E-state index in [1.54, 1.807) is 7.11 Å². The highest BCUT2D eigenvalue weighted by atomic mass is 16.5. The summed E-state index contributed by atoms with van der Waals surface area (Å²) in [5.74, 6) is 0.681. The van der Waals surface area contributed by atoms with E-state index in [-0.39, 0.29) is 0 Å². The van der Waals surface area contributed by atoms with E-state index in [0.29, 0.717) is 5.88 Å². The van der Waals surface area contributed by atoms with Crippen molar-refractivity contribution in [3.63, 3.8) is 0 Å². The first-order chi connectivity index (χ1) is 7.70. The smallest absolute Gasteiger partial charge is 0.213 e. The number of nitrogens with zero attached hydrogens (tertiary/aromatic N) is 1. The number of aryl methyl sites for hydroxylation is 2. The molecule has 0 aliphatic carbocycles. The molecule has 2 heteroatoms. The van der Waals surface area contributed by atoms with Gasteiger partial charge in [-0.25, -0.2) is 4.98 Å². The van der Waals surface area contributed by atoms with Crippen LogP contribution in [0.25, 0.3) is 10.8 Å². The maximum atomic E-state index is 5.13. The van der Waals surface area contributed by atoms with Gasteiger partial charge < -0.3 is 4.74 Å². The van der Waals surface area contributed by atoms with Gasteiger partial charge in [0.05, 0.1) is 7.11 Å². The number of methoxy groups -OCH3 is 1. The van der Waals surface area contributed by atoms with E-state index < -0.39 is 0 Å². The lowest BCUT2D eigenvalue weighted by atomic mass is 10.1. The molecule has 0 atom stereocenters. The number of hydrogen-bond acceptors (Lipinski definition) is 2. The molecule has 0 saturated heterocycles. The molecule has 1 heterocycles. The van der Waals surface area contributed by atoms with Crippen molar-refractivity contribution in [1.82, 2.24) is 4.98 Å². The summed E-state index contributed by atoms with van der Waals surface area (Å²) in [6, 6.07) is 8.32. The molecule has 0 aliphatic heterocycles. The molecule has 0 aliphatic rings. The lowest BCUT2D eigenvalue weighted by Crippen LogP contribution is -1.91. The Labute approximate surface area is 97.3 Å². The predicted octanol–water partition coefficient (Wildman–Crippen LogP) is 3.89. The molecule has 0 saturated carbocycles. The minimum Gasteiger partial charge on any atom is -0.481 e. The normalized spacial score (nSPS) is 9.56. The second-order valence-electron chi connectivity index (χ2n) is 3.47. The molecule has 86 valence electrons. The minimum atomic E-state index is 0.681. The fourth-order valence-corrected chi connectivity index (χ4v) is 1.63. The van der Waals surface area contributed by atoms with Crippen LogP contribution in [0.1, 0.15) is 25.1 Å². The topological polar surface area (TPSA) is 22.1 Å². The first-order valence-corrected chi connectivity index (χ1v) is 5.62. The number of ether oxygens (including phenoxy) is 1. The summed E-state index contributed by atoms with van der Waals surface area (Å²) >= 11 is 0. The van der Waals surface area contributed by atoms with Gasteiger partial charge in [0.15, 0.2) is 0 Å². The third-order valence-corrected chi connectivity index (χ3v) is 2.36. The molecule has 0 amide bonds. The van der Waals surface area contributed by atoms with Crippen molar-refractivity contribution in [3.8, 4) is 5.88 Å². The Morgan fingerprint density at radius 2 is 1.75 bits per heavy atom. The zero-order valence-electron chi connectivity index (χ0n) is 10.7. The van der Waals surface area contributed by atoms with Gasteiger partial charge in [0, 0.05) is 17.1 Å². The van der Waals surface area contributed by atoms with E-state index in [0.717, 1.165) is 5.69 Å². The maximum absolute atomic E-state index is 5.13. The first kappa shape index (κ1) is 12.5. The van der Waals surface area contributed by atoms with Crippen LogP contribution in [0.2, 0.25) is 0 Å². The van der Waals surface area contributed by atoms with Crippen LogP contribution in [0.15, 0.2) is 24.3 Å². The second-order valence-corrected chi connectivity index (χ2v) is 3.47. The minimum absolute atomic E-state index is 0.681. The average Bonchev–Trinajstić information content (AvgIpc) is 2.30. The van der Waals surface area contributed by atoms with Crippen molar-refractivity contribution >= 4 is 10.8 Å². The summed E-state index contributed by atoms with van der Waals surface area (Å²) in [6.07, 6.45) is 0. The van der Waals surface area contributed by atoms with Crippen LogP contribution in [0, 0.1) is 13.8 Å². The predicted molar refractivity (Wildman–Crippen MR) is 69.1 cm³/mol. The Balaban J connectivity index is 0.000000606. The van der Waals surface area contributed by atoms with E-state index in [1.807, 2.05) is 26.8 Å². The summed E-state index contributed by atoms with van der Waals surface area (Å²) < 4.78 is 5.13. The molecule has 0 spiro atoms. The van der Waals surface area contributed by atoms with Crippen molar-refractivity contribution in [3.05, 3.63) is 35.5 Å². The molecule has 1 aromatic heterocycles. The van der Waals surface area contributed by atoms with E-state index in [4.69, 9.17) is 4.74 Å². The van der Waals surface area contributed by atoms with Crippen LogP contribution >= 0.6 is 0 Å². The first-order valence-electron chi connectivity index (χ1n) is 5.62. The fraction of sp³-hybridized carbons (Fsp3) is 0.357. The Bertz CT molecular complexity index is 477. The van der Waals surface area contributed by atoms with Crippen molar-refractivity contribution in [2.24, 2.45) is 0 Å². The summed E-state index contributed by atoms with van der Waals surface area (Å²) in [4.78, 5) is 4.33. The van der Waals surface area contributed by atoms with Crippen LogP contribution < -0.4 is 4.74 Å². The van der Waals surface area contributed by atoms with Crippen LogP contribution in [0.3, 0.4) is 0 Å². The Hall–Kier alpha value is -1.57. The Morgan fingerprint density at radius 3 is 2.38 bits per heavy atom. The molecule has 0 fully saturated rings. The molecular formula is C14H19NO. The average molecular weight is 217 g/mol. The highest BCUT2D eigenvalue weighted by Gasteiger charge is 2.02. The highest BCUT2D eigenvalue weighted by molar-refractivity contribution is 5.85. The van der Waals surface area contributed by atoms with E-state index in [2.05, 4.69) is 30.1 Å². The highest BCUT2D eigenvalue weighted by Crippen LogP contribution is 2.22. The van der Waals surface area contributed by atoms with Gasteiger partial charge in [0.2, 0.25) is 5.88 Å². The van der Waals surface area contributed by atoms with Crippen LogP contribution in [-0.2, 0) is 0 Å². The number of pyridine rings is 1. The monoisotopic (exact) mass is 217 g/mol. The lowest BCUT2D eigenvalue weighted by molar-refractivity contribution is 0.398. The third kappa shape index (κ3) is 2.51. The number of hydrogen-bond donors (Lipinski definition) is 0. The van der Waals surface area contributed by atoms with E-state index in [9.17, 15) is 0 Å². The molecule has 2 rings (SSSR count). The van der Waals surface area contributed by atoms with Crippen LogP contribution in [0.5, 0.6) is 5.88 Å². The molecule has 0 bridgehead atoms. The second kappa shape index (κ2) is 5.50. The van der Waals surface area contributed by atoms with Gasteiger partial charge in [-0.2, -0.15) is 0 Å². The summed E-state index contributed by atoms with van der Waals surface area (Å²) in [5.41, 5.74) is 2.27. The zero-order chi connectivity index (χ0) is 12.1. The lowest BCUT2D eigenvalue weighted by Gasteiger charge is -2.05. The van der Waals surface area contributed by atoms with E-state index in [1.165, 1.54) is 16.3 Å². The van der Waals surface area contributed by atoms with Gasteiger partial charge in [-0.3, -0.25) is 0 Å². The van der Waals surface area contributed by atoms with Crippen molar-refractivity contribution in [2.75, 3.05) is 7.11 Å². The molecule has 0 N–H and O–H groups in total. The summed E-state index contributed by atoms with van der Waals surface area (Å²) in [5, 5.41) is 2.38. The Kier molecular flexibility index (Phi) is 4.29. The SMILES string of the molecule is CC.COc1cc2cc(C)ccc2c(C)n1. The van der Waals surface area contributed by atoms with Gasteiger partial charge in [0.1, 0.15) is 0 Å². The molecule has 2 aromatic rings. The number of benzene rings is 1. The van der Waals surface area contributed by atoms with Crippen molar-refractivity contribution in [1.29, 1.82) is 0 Å². The largest absolute Gasteiger partial charge is 0.481 e. The van der Waals surface area contributed by atoms with E-state index >= 15 is 0 Å². The van der Waals surface area contributed by atoms with Crippen LogP contribution in [0.4, 0.5) is 0 Å². The van der Waals surface area contributed by atoms with Gasteiger partial charge in [-0.05, 0) is 19.2 Å². The standard InChI is InChI=1S/C12H13NO.C2H6/c1-8-4-5-11-9(2)13-12(14-3)7-10(11)6-8;1-2/h4-7H,1-3H3;1-2H3. The molecule has 2 nitrogen and oxygen atoms in total. The fourth-order valence-electron chi connectivity index (χ4n) is 1.63. The summed E-state index contributed by atoms with van der Waals surface area (Å²) in [7, 11) is 1.64. The number of fused-ring (bicyclic) bond motifs is 1.